The Kier molecular flexibility index (Phi) is 3.09. The molecule has 0 saturated carbocycles. The highest BCUT2D eigenvalue weighted by Crippen LogP contribution is 2.38. The highest BCUT2D eigenvalue weighted by atomic mass is 16.2. The molecule has 0 fully saturated rings. The van der Waals surface area contributed by atoms with Gasteiger partial charge in [0.05, 0.1) is 5.92 Å². The number of carbonyl (C=O) groups excluding carboxylic acids is 1. The third-order valence-electron chi connectivity index (χ3n) is 4.14. The molecule has 2 aromatic carbocycles. The van der Waals surface area contributed by atoms with Gasteiger partial charge < -0.3 is 5.32 Å². The topological polar surface area (TPSA) is 29.1 Å². The van der Waals surface area contributed by atoms with Gasteiger partial charge in [-0.15, -0.1) is 0 Å². The van der Waals surface area contributed by atoms with Gasteiger partial charge in [0.1, 0.15) is 0 Å². The van der Waals surface area contributed by atoms with Gasteiger partial charge in [-0.3, -0.25) is 4.79 Å². The highest BCUT2D eigenvalue weighted by Gasteiger charge is 2.31. The van der Waals surface area contributed by atoms with E-state index >= 15 is 0 Å². The molecule has 1 amide bonds. The highest BCUT2D eigenvalue weighted by molar-refractivity contribution is 6.04. The number of hydrogen-bond acceptors (Lipinski definition) is 1. The number of carbonyl (C=O) groups is 1. The lowest BCUT2D eigenvalue weighted by Crippen LogP contribution is -2.14. The lowest BCUT2D eigenvalue weighted by Gasteiger charge is -2.12. The average Bonchev–Trinajstić information content (AvgIpc) is 2.70. The van der Waals surface area contributed by atoms with Crippen molar-refractivity contribution in [2.24, 2.45) is 0 Å². The fraction of sp³-hybridized carbons (Fsp3) is 0.278. The zero-order valence-electron chi connectivity index (χ0n) is 12.2. The molecule has 0 bridgehead atoms. The predicted molar refractivity (Wildman–Crippen MR) is 82.2 cm³/mol. The summed E-state index contributed by atoms with van der Waals surface area (Å²) in [6.07, 6.45) is 0.772. The van der Waals surface area contributed by atoms with Crippen molar-refractivity contribution < 1.29 is 4.79 Å². The number of benzene rings is 2. The quantitative estimate of drug-likeness (QED) is 0.877. The molecule has 0 aliphatic carbocycles. The second-order valence-corrected chi connectivity index (χ2v) is 5.72. The van der Waals surface area contributed by atoms with Gasteiger partial charge in [-0.25, -0.2) is 0 Å². The van der Waals surface area contributed by atoms with Crippen molar-refractivity contribution in [3.05, 3.63) is 64.2 Å². The number of fused-ring (bicyclic) bond motifs is 1. The van der Waals surface area contributed by atoms with E-state index in [1.54, 1.807) is 0 Å². The normalized spacial score (nSPS) is 16.9. The van der Waals surface area contributed by atoms with Crippen LogP contribution < -0.4 is 5.32 Å². The summed E-state index contributed by atoms with van der Waals surface area (Å²) in [5.74, 6) is 0.0571. The molecule has 2 aromatic rings. The smallest absolute Gasteiger partial charge is 0.232 e. The summed E-state index contributed by atoms with van der Waals surface area (Å²) in [6, 6.07) is 12.6. The Bertz CT molecular complexity index is 688. The number of rotatable bonds is 2. The maximum absolute atomic E-state index is 12.3. The van der Waals surface area contributed by atoms with Crippen molar-refractivity contribution in [3.63, 3.8) is 0 Å². The van der Waals surface area contributed by atoms with E-state index in [0.717, 1.165) is 23.2 Å². The first-order valence-electron chi connectivity index (χ1n) is 7.03. The molecule has 102 valence electrons. The van der Waals surface area contributed by atoms with Gasteiger partial charge in [0.2, 0.25) is 5.91 Å². The molecule has 0 aromatic heterocycles. The summed E-state index contributed by atoms with van der Waals surface area (Å²) in [5, 5.41) is 3.04. The monoisotopic (exact) mass is 265 g/mol. The average molecular weight is 265 g/mol. The molecule has 0 radical (unpaired) electrons. The molecule has 3 rings (SSSR count). The van der Waals surface area contributed by atoms with Crippen LogP contribution in [0, 0.1) is 20.8 Å². The lowest BCUT2D eigenvalue weighted by molar-refractivity contribution is -0.117. The summed E-state index contributed by atoms with van der Waals surface area (Å²) >= 11 is 0. The first kappa shape index (κ1) is 12.9. The number of amides is 1. The number of nitrogens with one attached hydrogen (secondary N) is 1. The van der Waals surface area contributed by atoms with Crippen LogP contribution in [0.25, 0.3) is 0 Å². The van der Waals surface area contributed by atoms with Crippen molar-refractivity contribution >= 4 is 11.6 Å². The van der Waals surface area contributed by atoms with E-state index in [0.29, 0.717) is 0 Å². The van der Waals surface area contributed by atoms with Crippen LogP contribution in [-0.4, -0.2) is 5.91 Å². The fourth-order valence-electron chi connectivity index (χ4n) is 3.06. The Morgan fingerprint density at radius 3 is 2.55 bits per heavy atom. The van der Waals surface area contributed by atoms with Crippen LogP contribution in [-0.2, 0) is 11.2 Å². The third kappa shape index (κ3) is 2.11. The SMILES string of the molecule is Cc1cc(C)c2c(c1)C(Cc1ccccc1C)C(=O)N2. The van der Waals surface area contributed by atoms with Gasteiger partial charge in [-0.05, 0) is 49.4 Å². The van der Waals surface area contributed by atoms with Crippen LogP contribution in [0.2, 0.25) is 0 Å². The standard InChI is InChI=1S/C18H19NO/c1-11-8-13(3)17-15(9-11)16(18(20)19-17)10-14-7-5-4-6-12(14)2/h4-9,16H,10H2,1-3H3,(H,19,20). The Balaban J connectivity index is 2.01. The summed E-state index contributed by atoms with van der Waals surface area (Å²) < 4.78 is 0. The van der Waals surface area contributed by atoms with E-state index in [4.69, 9.17) is 0 Å². The van der Waals surface area contributed by atoms with Crippen molar-refractivity contribution in [1.29, 1.82) is 0 Å². The largest absolute Gasteiger partial charge is 0.325 e. The maximum atomic E-state index is 12.3. The molecule has 1 heterocycles. The van der Waals surface area contributed by atoms with Crippen LogP contribution in [0.15, 0.2) is 36.4 Å². The van der Waals surface area contributed by atoms with Crippen LogP contribution in [0.4, 0.5) is 5.69 Å². The van der Waals surface area contributed by atoms with Crippen molar-refractivity contribution in [3.8, 4) is 0 Å². The van der Waals surface area contributed by atoms with E-state index in [2.05, 4.69) is 50.4 Å². The Labute approximate surface area is 119 Å². The summed E-state index contributed by atoms with van der Waals surface area (Å²) in [4.78, 5) is 12.3. The Morgan fingerprint density at radius 1 is 1.05 bits per heavy atom. The second kappa shape index (κ2) is 4.78. The zero-order valence-corrected chi connectivity index (χ0v) is 12.2. The number of anilines is 1. The Morgan fingerprint density at radius 2 is 1.80 bits per heavy atom. The van der Waals surface area contributed by atoms with Crippen molar-refractivity contribution in [2.75, 3.05) is 5.32 Å². The van der Waals surface area contributed by atoms with Gasteiger partial charge in [-0.1, -0.05) is 42.0 Å². The second-order valence-electron chi connectivity index (χ2n) is 5.72. The number of aryl methyl sites for hydroxylation is 3. The van der Waals surface area contributed by atoms with E-state index in [9.17, 15) is 4.79 Å². The Hall–Kier alpha value is -2.09. The van der Waals surface area contributed by atoms with E-state index in [-0.39, 0.29) is 11.8 Å². The minimum atomic E-state index is -0.0651. The van der Waals surface area contributed by atoms with Crippen molar-refractivity contribution in [1.82, 2.24) is 0 Å². The maximum Gasteiger partial charge on any atom is 0.232 e. The minimum Gasteiger partial charge on any atom is -0.325 e. The van der Waals surface area contributed by atoms with Gasteiger partial charge in [0.15, 0.2) is 0 Å². The molecule has 1 atom stereocenters. The van der Waals surface area contributed by atoms with E-state index in [1.807, 2.05) is 12.1 Å². The molecule has 2 nitrogen and oxygen atoms in total. The molecule has 1 N–H and O–H groups in total. The summed E-state index contributed by atoms with van der Waals surface area (Å²) in [5.41, 5.74) is 7.03. The van der Waals surface area contributed by atoms with Crippen LogP contribution in [0.1, 0.15) is 33.7 Å². The number of hydrogen-bond donors (Lipinski definition) is 1. The summed E-state index contributed by atoms with van der Waals surface area (Å²) in [7, 11) is 0. The predicted octanol–water partition coefficient (Wildman–Crippen LogP) is 3.89. The molecule has 0 saturated heterocycles. The van der Waals surface area contributed by atoms with Crippen LogP contribution >= 0.6 is 0 Å². The van der Waals surface area contributed by atoms with Crippen molar-refractivity contribution in [2.45, 2.75) is 33.1 Å². The molecular weight excluding hydrogens is 246 g/mol. The van der Waals surface area contributed by atoms with Gasteiger partial charge >= 0.3 is 0 Å². The minimum absolute atomic E-state index is 0.0651. The summed E-state index contributed by atoms with van der Waals surface area (Å²) in [6.45, 7) is 6.24. The lowest BCUT2D eigenvalue weighted by atomic mass is 9.90. The first-order chi connectivity index (χ1) is 9.56. The fourth-order valence-corrected chi connectivity index (χ4v) is 3.06. The van der Waals surface area contributed by atoms with Crippen LogP contribution in [0.3, 0.4) is 0 Å². The third-order valence-corrected chi connectivity index (χ3v) is 4.14. The zero-order chi connectivity index (χ0) is 14.3. The van der Waals surface area contributed by atoms with Gasteiger partial charge in [0, 0.05) is 5.69 Å². The van der Waals surface area contributed by atoms with Crippen LogP contribution in [0.5, 0.6) is 0 Å². The van der Waals surface area contributed by atoms with Gasteiger partial charge in [0.25, 0.3) is 0 Å². The first-order valence-corrected chi connectivity index (χ1v) is 7.03. The molecule has 1 aliphatic rings. The van der Waals surface area contributed by atoms with E-state index in [1.165, 1.54) is 16.7 Å². The van der Waals surface area contributed by atoms with E-state index < -0.39 is 0 Å². The molecule has 0 spiro atoms. The molecule has 1 aliphatic heterocycles. The molecule has 20 heavy (non-hydrogen) atoms. The van der Waals surface area contributed by atoms with Gasteiger partial charge in [-0.2, -0.15) is 0 Å². The molecular formula is C18H19NO. The molecule has 2 heteroatoms. The molecule has 1 unspecified atom stereocenters.